The lowest BCUT2D eigenvalue weighted by molar-refractivity contribution is 0.162. The van der Waals surface area contributed by atoms with E-state index in [9.17, 15) is 9.59 Å². The molecule has 0 spiro atoms. The third-order valence-corrected chi connectivity index (χ3v) is 0.573. The maximum Gasteiger partial charge on any atom is 0.404 e. The molecule has 4 N–H and O–H groups in total. The molecule has 0 saturated heterocycles. The van der Waals surface area contributed by atoms with Crippen molar-refractivity contribution in [3.05, 3.63) is 0 Å². The molecule has 0 aromatic rings. The van der Waals surface area contributed by atoms with Gasteiger partial charge in [0.05, 0.1) is 13.2 Å². The van der Waals surface area contributed by atoms with Crippen LogP contribution in [-0.2, 0) is 9.47 Å². The van der Waals surface area contributed by atoms with Crippen LogP contribution in [0.4, 0.5) is 9.59 Å². The zero-order valence-electron chi connectivity index (χ0n) is 7.20. The van der Waals surface area contributed by atoms with Gasteiger partial charge in [0.2, 0.25) is 0 Å². The highest BCUT2D eigenvalue weighted by atomic mass is 16.5. The van der Waals surface area contributed by atoms with E-state index < -0.39 is 12.2 Å². The number of nitrogens with two attached hydrogens (primary N) is 2. The zero-order chi connectivity index (χ0) is 9.98. The summed E-state index contributed by atoms with van der Waals surface area (Å²) in [6.45, 7) is 4.11. The number of carbonyl (C=O) groups is 2. The normalized spacial score (nSPS) is 6.92. The number of hydrogen-bond donors (Lipinski definition) is 2. The highest BCUT2D eigenvalue weighted by Gasteiger charge is 1.82. The number of primary amides is 2. The summed E-state index contributed by atoms with van der Waals surface area (Å²) >= 11 is 0. The van der Waals surface area contributed by atoms with Gasteiger partial charge in [-0.05, 0) is 13.8 Å². The van der Waals surface area contributed by atoms with Crippen LogP contribution in [-0.4, -0.2) is 25.4 Å². The molecule has 0 fully saturated rings. The quantitative estimate of drug-likeness (QED) is 0.679. The van der Waals surface area contributed by atoms with E-state index in [0.717, 1.165) is 0 Å². The Morgan fingerprint density at radius 3 is 1.23 bits per heavy atom. The lowest BCUT2D eigenvalue weighted by Crippen LogP contribution is -2.11. The maximum atomic E-state index is 9.60. The van der Waals surface area contributed by atoms with Crippen LogP contribution in [0.3, 0.4) is 0 Å². The summed E-state index contributed by atoms with van der Waals surface area (Å²) < 4.78 is 8.36. The van der Waals surface area contributed by atoms with Crippen LogP contribution in [0.2, 0.25) is 0 Å². The van der Waals surface area contributed by atoms with E-state index >= 15 is 0 Å². The summed E-state index contributed by atoms with van der Waals surface area (Å²) in [5, 5.41) is 0. The molecule has 0 radical (unpaired) electrons. The second-order valence-electron chi connectivity index (χ2n) is 1.50. The molecule has 0 aliphatic carbocycles. The summed E-state index contributed by atoms with van der Waals surface area (Å²) in [5.74, 6) is 0. The van der Waals surface area contributed by atoms with Gasteiger partial charge in [-0.15, -0.1) is 0 Å². The predicted molar refractivity (Wildman–Crippen MR) is 49.1 cm³/mol. The second kappa shape index (κ2) is 13.2. The fraction of sp³-hybridized carbons (Fsp3) is 0.714. The monoisotopic (exact) mass is 194 g/mol. The maximum absolute atomic E-state index is 9.60. The van der Waals surface area contributed by atoms with Crippen LogP contribution >= 0.6 is 0 Å². The molecule has 0 atom stereocenters. The first-order chi connectivity index (χ1) is 5.54. The van der Waals surface area contributed by atoms with Gasteiger partial charge >= 0.3 is 12.2 Å². The van der Waals surface area contributed by atoms with Crippen LogP contribution in [0.15, 0.2) is 0 Å². The fourth-order valence-electron chi connectivity index (χ4n) is 0.285. The van der Waals surface area contributed by atoms with E-state index in [-0.39, 0.29) is 7.43 Å². The van der Waals surface area contributed by atoms with E-state index in [1.807, 2.05) is 0 Å². The smallest absolute Gasteiger partial charge is 0.404 e. The van der Waals surface area contributed by atoms with Gasteiger partial charge in [-0.25, -0.2) is 9.59 Å². The molecule has 2 amide bonds. The summed E-state index contributed by atoms with van der Waals surface area (Å²) in [4.78, 5) is 19.2. The van der Waals surface area contributed by atoms with Gasteiger partial charge < -0.3 is 20.9 Å². The molecule has 0 bridgehead atoms. The molecule has 80 valence electrons. The average molecular weight is 194 g/mol. The molecule has 13 heavy (non-hydrogen) atoms. The molecular formula is C7H18N2O4. The van der Waals surface area contributed by atoms with E-state index in [1.54, 1.807) is 13.8 Å². The van der Waals surface area contributed by atoms with E-state index in [0.29, 0.717) is 13.2 Å². The Hall–Kier alpha value is -1.46. The predicted octanol–water partition coefficient (Wildman–Crippen LogP) is 0.839. The van der Waals surface area contributed by atoms with Crippen molar-refractivity contribution < 1.29 is 19.1 Å². The van der Waals surface area contributed by atoms with Gasteiger partial charge in [-0.2, -0.15) is 0 Å². The lowest BCUT2D eigenvalue weighted by atomic mass is 10.9. The van der Waals surface area contributed by atoms with Crippen LogP contribution in [0.5, 0.6) is 0 Å². The SMILES string of the molecule is C.CCOC(N)=O.CCOC(N)=O. The highest BCUT2D eigenvalue weighted by molar-refractivity contribution is 5.64. The van der Waals surface area contributed by atoms with Crippen molar-refractivity contribution >= 4 is 12.2 Å². The third kappa shape index (κ3) is 37.3. The van der Waals surface area contributed by atoms with E-state index in [4.69, 9.17) is 0 Å². The van der Waals surface area contributed by atoms with Crippen LogP contribution in [0.1, 0.15) is 21.3 Å². The van der Waals surface area contributed by atoms with Crippen molar-refractivity contribution in [2.75, 3.05) is 13.2 Å². The summed E-state index contributed by atoms with van der Waals surface area (Å²) in [6, 6.07) is 0. The summed E-state index contributed by atoms with van der Waals surface area (Å²) in [5.41, 5.74) is 9.08. The molecule has 0 rings (SSSR count). The molecule has 0 aromatic carbocycles. The minimum atomic E-state index is -0.711. The van der Waals surface area contributed by atoms with Crippen molar-refractivity contribution in [2.45, 2.75) is 21.3 Å². The van der Waals surface area contributed by atoms with Crippen molar-refractivity contribution in [1.29, 1.82) is 0 Å². The third-order valence-electron chi connectivity index (χ3n) is 0.573. The Labute approximate surface area is 78.2 Å². The van der Waals surface area contributed by atoms with Crippen molar-refractivity contribution in [3.63, 3.8) is 0 Å². The van der Waals surface area contributed by atoms with E-state index in [1.165, 1.54) is 0 Å². The number of ether oxygens (including phenoxy) is 2. The number of hydrogen-bond acceptors (Lipinski definition) is 4. The summed E-state index contributed by atoms with van der Waals surface area (Å²) in [6.07, 6.45) is -1.42. The standard InChI is InChI=1S/2C3H7NO2.CH4/c2*1-2-6-3(4)5;/h2*2H2,1H3,(H2,4,5);1H4. The van der Waals surface area contributed by atoms with Gasteiger partial charge in [0.25, 0.3) is 0 Å². The van der Waals surface area contributed by atoms with Crippen LogP contribution < -0.4 is 11.5 Å². The van der Waals surface area contributed by atoms with Gasteiger partial charge in [0, 0.05) is 0 Å². The van der Waals surface area contributed by atoms with Crippen molar-refractivity contribution in [3.8, 4) is 0 Å². The van der Waals surface area contributed by atoms with Gasteiger partial charge in [0.1, 0.15) is 0 Å². The minimum absolute atomic E-state index is 0. The minimum Gasteiger partial charge on any atom is -0.450 e. The molecule has 0 saturated carbocycles. The number of rotatable bonds is 2. The van der Waals surface area contributed by atoms with E-state index in [2.05, 4.69) is 20.9 Å². The fourth-order valence-corrected chi connectivity index (χ4v) is 0.285. The first kappa shape index (κ1) is 17.6. The van der Waals surface area contributed by atoms with Gasteiger partial charge in [-0.1, -0.05) is 7.43 Å². The first-order valence-electron chi connectivity index (χ1n) is 3.39. The number of carbonyl (C=O) groups excluding carboxylic acids is 2. The molecule has 0 heterocycles. The van der Waals surface area contributed by atoms with Crippen molar-refractivity contribution in [2.24, 2.45) is 11.5 Å². The van der Waals surface area contributed by atoms with Crippen molar-refractivity contribution in [1.82, 2.24) is 0 Å². The molecule has 0 aromatic heterocycles. The number of amides is 2. The van der Waals surface area contributed by atoms with Gasteiger partial charge in [0.15, 0.2) is 0 Å². The Bertz CT molecular complexity index is 122. The molecular weight excluding hydrogens is 176 g/mol. The largest absolute Gasteiger partial charge is 0.450 e. The van der Waals surface area contributed by atoms with Crippen LogP contribution in [0, 0.1) is 0 Å². The lowest BCUT2D eigenvalue weighted by Gasteiger charge is -1.89. The molecule has 0 unspecified atom stereocenters. The Balaban J connectivity index is -0.000000143. The zero-order valence-corrected chi connectivity index (χ0v) is 7.20. The summed E-state index contributed by atoms with van der Waals surface area (Å²) in [7, 11) is 0. The first-order valence-corrected chi connectivity index (χ1v) is 3.39. The molecule has 6 nitrogen and oxygen atoms in total. The Morgan fingerprint density at radius 2 is 1.23 bits per heavy atom. The Kier molecular flexibility index (Phi) is 17.8. The molecule has 0 aliphatic rings. The van der Waals surface area contributed by atoms with Crippen LogP contribution in [0.25, 0.3) is 0 Å². The van der Waals surface area contributed by atoms with Gasteiger partial charge in [-0.3, -0.25) is 0 Å². The molecule has 0 aliphatic heterocycles. The second-order valence-corrected chi connectivity index (χ2v) is 1.50. The Morgan fingerprint density at radius 1 is 1.00 bits per heavy atom. The topological polar surface area (TPSA) is 105 Å². The highest BCUT2D eigenvalue weighted by Crippen LogP contribution is 1.66. The average Bonchev–Trinajstić information content (AvgIpc) is 1.87. The molecule has 6 heteroatoms.